The molecule has 0 aliphatic carbocycles. The van der Waals surface area contributed by atoms with Gasteiger partial charge in [0.05, 0.1) is 0 Å². The molecular formula is C29H34FN3O4. The normalized spacial score (nSPS) is 19.6. The summed E-state index contributed by atoms with van der Waals surface area (Å²) in [6.07, 6.45) is 6.44. The van der Waals surface area contributed by atoms with E-state index in [1.165, 1.54) is 23.0 Å². The van der Waals surface area contributed by atoms with E-state index in [1.54, 1.807) is 17.0 Å². The van der Waals surface area contributed by atoms with E-state index in [4.69, 9.17) is 4.74 Å². The Morgan fingerprint density at radius 1 is 1.03 bits per heavy atom. The van der Waals surface area contributed by atoms with Gasteiger partial charge in [-0.05, 0) is 24.5 Å². The van der Waals surface area contributed by atoms with Gasteiger partial charge in [-0.1, -0.05) is 76.4 Å². The smallest absolute Gasteiger partial charge is 0.278 e. The minimum absolute atomic E-state index is 0. The third-order valence-electron chi connectivity index (χ3n) is 6.61. The predicted octanol–water partition coefficient (Wildman–Crippen LogP) is 5.22. The molecule has 8 heteroatoms. The molecule has 7 nitrogen and oxygen atoms in total. The van der Waals surface area contributed by atoms with E-state index < -0.39 is 28.9 Å². The number of para-hydroxylation sites is 1. The number of aromatic hydroxyl groups is 1. The standard InChI is InChI=1S/C27H26FN3O4.2CH4/c1-2-19-11-6-7-16-35-26-20(12-8-13-21(26)28)23(18-9-4-3-5-10-18)31-17-29(19)27(34)24-25(33)22(32)14-15-30(24)31;;/h3-10,12-15,19,23,33H,2,11,16-17H2,1H3;2*1H4/b7-6+;;/t19-,23+;;/m0../s1. The number of nitrogens with zero attached hydrogens (tertiary/aromatic N) is 3. The lowest BCUT2D eigenvalue weighted by Crippen LogP contribution is -2.58. The zero-order valence-corrected chi connectivity index (χ0v) is 19.3. The molecule has 3 aromatic rings. The lowest BCUT2D eigenvalue weighted by Gasteiger charge is -2.46. The molecule has 2 aliphatic heterocycles. The van der Waals surface area contributed by atoms with Crippen molar-refractivity contribution >= 4 is 5.91 Å². The lowest BCUT2D eigenvalue weighted by atomic mass is 9.96. The van der Waals surface area contributed by atoms with E-state index in [2.05, 4.69) is 0 Å². The summed E-state index contributed by atoms with van der Waals surface area (Å²) >= 11 is 0. The number of halogens is 1. The molecule has 0 radical (unpaired) electrons. The van der Waals surface area contributed by atoms with Gasteiger partial charge < -0.3 is 14.7 Å². The third kappa shape index (κ3) is 4.83. The number of aromatic nitrogens is 1. The Morgan fingerprint density at radius 2 is 1.78 bits per heavy atom. The van der Waals surface area contributed by atoms with Crippen LogP contribution in [0.1, 0.15) is 62.3 Å². The predicted molar refractivity (Wildman–Crippen MR) is 143 cm³/mol. The topological polar surface area (TPSA) is 75.0 Å². The Morgan fingerprint density at radius 3 is 2.51 bits per heavy atom. The van der Waals surface area contributed by atoms with Gasteiger partial charge in [0.25, 0.3) is 5.91 Å². The molecule has 196 valence electrons. The fourth-order valence-electron chi connectivity index (χ4n) is 4.85. The Bertz CT molecular complexity index is 1340. The molecule has 5 rings (SSSR count). The van der Waals surface area contributed by atoms with Crippen LogP contribution in [0.4, 0.5) is 4.39 Å². The first-order valence-corrected chi connectivity index (χ1v) is 11.6. The summed E-state index contributed by atoms with van der Waals surface area (Å²) in [5.41, 5.74) is 0.660. The summed E-state index contributed by atoms with van der Waals surface area (Å²) in [7, 11) is 0. The minimum atomic E-state index is -0.633. The zero-order chi connectivity index (χ0) is 24.5. The number of fused-ring (bicyclic) bond motifs is 5. The molecule has 0 saturated carbocycles. The van der Waals surface area contributed by atoms with Crippen LogP contribution in [0, 0.1) is 5.82 Å². The molecule has 37 heavy (non-hydrogen) atoms. The molecular weight excluding hydrogens is 473 g/mol. The molecule has 3 heterocycles. The fraction of sp³-hybridized carbons (Fsp3) is 0.310. The van der Waals surface area contributed by atoms with Crippen LogP contribution in [-0.4, -0.2) is 39.9 Å². The molecule has 0 spiro atoms. The van der Waals surface area contributed by atoms with Crippen molar-refractivity contribution in [3.63, 3.8) is 0 Å². The number of pyridine rings is 1. The Balaban J connectivity index is 0.00000190. The van der Waals surface area contributed by atoms with Gasteiger partial charge in [0.1, 0.15) is 19.3 Å². The van der Waals surface area contributed by atoms with Crippen molar-refractivity contribution < 1.29 is 19.0 Å². The van der Waals surface area contributed by atoms with Gasteiger partial charge in [-0.15, -0.1) is 0 Å². The third-order valence-corrected chi connectivity index (χ3v) is 6.61. The van der Waals surface area contributed by atoms with Gasteiger partial charge in [0, 0.05) is 23.9 Å². The van der Waals surface area contributed by atoms with E-state index in [1.807, 2.05) is 54.4 Å². The van der Waals surface area contributed by atoms with E-state index in [0.717, 1.165) is 5.56 Å². The number of amides is 1. The highest BCUT2D eigenvalue weighted by Gasteiger charge is 2.39. The second-order valence-electron chi connectivity index (χ2n) is 8.63. The van der Waals surface area contributed by atoms with Crippen molar-refractivity contribution in [1.29, 1.82) is 0 Å². The number of hydrogen-bond acceptors (Lipinski definition) is 5. The van der Waals surface area contributed by atoms with E-state index in [-0.39, 0.29) is 45.6 Å². The number of hydrogen-bond donors (Lipinski definition) is 1. The van der Waals surface area contributed by atoms with Crippen LogP contribution in [0.2, 0.25) is 0 Å². The summed E-state index contributed by atoms with van der Waals surface area (Å²) in [6.45, 7) is 2.34. The van der Waals surface area contributed by atoms with E-state index in [9.17, 15) is 14.7 Å². The van der Waals surface area contributed by atoms with Crippen LogP contribution in [0.15, 0.2) is 77.7 Å². The van der Waals surface area contributed by atoms with Gasteiger partial charge in [0.2, 0.25) is 5.43 Å². The molecule has 2 bridgehead atoms. The van der Waals surface area contributed by atoms with Gasteiger partial charge >= 0.3 is 0 Å². The van der Waals surface area contributed by atoms with Crippen molar-refractivity contribution in [3.8, 4) is 11.5 Å². The van der Waals surface area contributed by atoms with Crippen LogP contribution in [0.5, 0.6) is 11.5 Å². The van der Waals surface area contributed by atoms with Crippen molar-refractivity contribution in [1.82, 2.24) is 9.58 Å². The summed E-state index contributed by atoms with van der Waals surface area (Å²) in [5.74, 6) is -1.40. The average Bonchev–Trinajstić information content (AvgIpc) is 2.86. The van der Waals surface area contributed by atoms with Crippen molar-refractivity contribution in [2.45, 2.75) is 46.7 Å². The van der Waals surface area contributed by atoms with Crippen molar-refractivity contribution in [3.05, 3.63) is 106 Å². The van der Waals surface area contributed by atoms with Gasteiger partial charge in [0.15, 0.2) is 23.0 Å². The number of benzene rings is 2. The quantitative estimate of drug-likeness (QED) is 0.481. The molecule has 2 atom stereocenters. The molecule has 1 N–H and O–H groups in total. The highest BCUT2D eigenvalue weighted by molar-refractivity contribution is 5.96. The van der Waals surface area contributed by atoms with Crippen molar-refractivity contribution in [2.75, 3.05) is 18.3 Å². The molecule has 1 amide bonds. The van der Waals surface area contributed by atoms with Crippen LogP contribution < -0.4 is 15.2 Å². The van der Waals surface area contributed by atoms with Gasteiger partial charge in [-0.2, -0.15) is 0 Å². The number of carbonyl (C=O) groups is 1. The molecule has 0 saturated heterocycles. The summed E-state index contributed by atoms with van der Waals surface area (Å²) in [6, 6.07) is 14.8. The van der Waals surface area contributed by atoms with Crippen LogP contribution in [0.3, 0.4) is 0 Å². The fourth-order valence-corrected chi connectivity index (χ4v) is 4.85. The lowest BCUT2D eigenvalue weighted by molar-refractivity contribution is 0.0584. The minimum Gasteiger partial charge on any atom is -0.502 e. The first-order chi connectivity index (χ1) is 17.0. The average molecular weight is 508 g/mol. The highest BCUT2D eigenvalue weighted by atomic mass is 19.1. The van der Waals surface area contributed by atoms with Crippen LogP contribution in [-0.2, 0) is 0 Å². The maximum absolute atomic E-state index is 15.1. The molecule has 1 aromatic heterocycles. The first kappa shape index (κ1) is 27.5. The van der Waals surface area contributed by atoms with E-state index in [0.29, 0.717) is 18.4 Å². The van der Waals surface area contributed by atoms with Crippen molar-refractivity contribution in [2.24, 2.45) is 0 Å². The van der Waals surface area contributed by atoms with Gasteiger partial charge in [-0.3, -0.25) is 19.3 Å². The molecule has 2 aromatic carbocycles. The van der Waals surface area contributed by atoms with Gasteiger partial charge in [-0.25, -0.2) is 4.39 Å². The number of ether oxygens (including phenoxy) is 1. The zero-order valence-electron chi connectivity index (χ0n) is 19.3. The number of rotatable bonds is 2. The summed E-state index contributed by atoms with van der Waals surface area (Å²) < 4.78 is 22.5. The Labute approximate surface area is 217 Å². The first-order valence-electron chi connectivity index (χ1n) is 11.6. The maximum Gasteiger partial charge on any atom is 0.278 e. The van der Waals surface area contributed by atoms with Crippen LogP contribution in [0.25, 0.3) is 0 Å². The molecule has 0 fully saturated rings. The highest BCUT2D eigenvalue weighted by Crippen LogP contribution is 2.38. The van der Waals surface area contributed by atoms with E-state index >= 15 is 4.39 Å². The second-order valence-corrected chi connectivity index (χ2v) is 8.63. The summed E-state index contributed by atoms with van der Waals surface area (Å²) in [4.78, 5) is 27.6. The molecule has 2 aliphatic rings. The Hall–Kier alpha value is -4.07. The monoisotopic (exact) mass is 507 g/mol. The maximum atomic E-state index is 15.1. The molecule has 0 unspecified atom stereocenters. The largest absolute Gasteiger partial charge is 0.502 e. The Kier molecular flexibility index (Phi) is 8.42. The second kappa shape index (κ2) is 11.3. The SMILES string of the molecule is C.C.CC[C@H]1C/C=C/COc2c(F)cccc2[C@@H](c2ccccc2)N2CN1C(=O)c1c(O)c(=O)ccn12. The van der Waals surface area contributed by atoms with Crippen LogP contribution >= 0.6 is 0 Å². The summed E-state index contributed by atoms with van der Waals surface area (Å²) in [5, 5.41) is 12.6. The number of carbonyl (C=O) groups excluding carboxylic acids is 1.